The second kappa shape index (κ2) is 3.13. The Balaban J connectivity index is 1.62. The van der Waals surface area contributed by atoms with E-state index in [0.29, 0.717) is 12.0 Å². The molecule has 15 heavy (non-hydrogen) atoms. The van der Waals surface area contributed by atoms with E-state index < -0.39 is 0 Å². The number of nitrogens with one attached hydrogen (secondary N) is 1. The van der Waals surface area contributed by atoms with Crippen LogP contribution < -0.4 is 5.32 Å². The van der Waals surface area contributed by atoms with E-state index in [0.717, 1.165) is 25.7 Å². The van der Waals surface area contributed by atoms with Crippen LogP contribution in [0.5, 0.6) is 0 Å². The maximum Gasteiger partial charge on any atom is 0.225 e. The van der Waals surface area contributed by atoms with Gasteiger partial charge in [-0.2, -0.15) is 0 Å². The van der Waals surface area contributed by atoms with Crippen molar-refractivity contribution in [2.75, 3.05) is 5.32 Å². The van der Waals surface area contributed by atoms with Crippen molar-refractivity contribution >= 4 is 5.95 Å². The van der Waals surface area contributed by atoms with E-state index in [2.05, 4.69) is 20.3 Å². The fourth-order valence-electron chi connectivity index (χ4n) is 2.59. The standard InChI is InChI=1S/C10H14N4O/c15-8-4-10(8)2-1-7(3-10)14-9-12-5-11-6-13-9/h5-8,15H,1-4H2,(H,11,12,13,14)/t7-,8?,10?/m0/s1. The van der Waals surface area contributed by atoms with Gasteiger partial charge >= 0.3 is 0 Å². The lowest BCUT2D eigenvalue weighted by molar-refractivity contribution is 0.221. The van der Waals surface area contributed by atoms with Crippen LogP contribution in [0.15, 0.2) is 12.7 Å². The van der Waals surface area contributed by atoms with Gasteiger partial charge in [-0.1, -0.05) is 0 Å². The Morgan fingerprint density at radius 3 is 2.67 bits per heavy atom. The summed E-state index contributed by atoms with van der Waals surface area (Å²) in [4.78, 5) is 11.8. The van der Waals surface area contributed by atoms with Crippen molar-refractivity contribution in [3.8, 4) is 0 Å². The van der Waals surface area contributed by atoms with Gasteiger partial charge in [0.05, 0.1) is 6.10 Å². The Bertz CT molecular complexity index is 358. The molecule has 2 aliphatic carbocycles. The normalized spacial score (nSPS) is 38.2. The number of aromatic nitrogens is 3. The molecule has 2 N–H and O–H groups in total. The highest BCUT2D eigenvalue weighted by Gasteiger charge is 2.57. The number of anilines is 1. The highest BCUT2D eigenvalue weighted by molar-refractivity contribution is 5.25. The molecule has 80 valence electrons. The van der Waals surface area contributed by atoms with Crippen LogP contribution in [-0.2, 0) is 0 Å². The maximum absolute atomic E-state index is 9.53. The van der Waals surface area contributed by atoms with Crippen LogP contribution in [-0.4, -0.2) is 32.2 Å². The number of nitrogens with zero attached hydrogens (tertiary/aromatic N) is 3. The van der Waals surface area contributed by atoms with Gasteiger partial charge in [-0.25, -0.2) is 15.0 Å². The quantitative estimate of drug-likeness (QED) is 0.741. The van der Waals surface area contributed by atoms with Crippen LogP contribution in [0.2, 0.25) is 0 Å². The van der Waals surface area contributed by atoms with Crippen LogP contribution in [0.3, 0.4) is 0 Å². The molecule has 0 aromatic carbocycles. The molecule has 1 spiro atoms. The molecule has 0 radical (unpaired) electrons. The largest absolute Gasteiger partial charge is 0.393 e. The monoisotopic (exact) mass is 206 g/mol. The number of aliphatic hydroxyl groups excluding tert-OH is 1. The minimum absolute atomic E-state index is 0.0670. The second-order valence-corrected chi connectivity index (χ2v) is 4.63. The highest BCUT2D eigenvalue weighted by Crippen LogP contribution is 2.58. The predicted octanol–water partition coefficient (Wildman–Crippen LogP) is 0.587. The fourth-order valence-corrected chi connectivity index (χ4v) is 2.59. The van der Waals surface area contributed by atoms with Crippen molar-refractivity contribution in [1.29, 1.82) is 0 Å². The first-order valence-electron chi connectivity index (χ1n) is 5.35. The summed E-state index contributed by atoms with van der Waals surface area (Å²) in [5.74, 6) is 0.641. The molecule has 2 fully saturated rings. The third-order valence-electron chi connectivity index (χ3n) is 3.62. The third kappa shape index (κ3) is 1.56. The van der Waals surface area contributed by atoms with Crippen molar-refractivity contribution in [3.05, 3.63) is 12.7 Å². The molecule has 1 heterocycles. The Hall–Kier alpha value is -1.23. The second-order valence-electron chi connectivity index (χ2n) is 4.63. The zero-order valence-electron chi connectivity index (χ0n) is 8.43. The summed E-state index contributed by atoms with van der Waals surface area (Å²) in [6, 6.07) is 0.407. The fraction of sp³-hybridized carbons (Fsp3) is 0.700. The summed E-state index contributed by atoms with van der Waals surface area (Å²) in [6.07, 6.45) is 7.16. The zero-order chi connectivity index (χ0) is 10.3. The lowest BCUT2D eigenvalue weighted by atomic mass is 10.1. The van der Waals surface area contributed by atoms with Crippen molar-refractivity contribution < 1.29 is 5.11 Å². The van der Waals surface area contributed by atoms with Crippen molar-refractivity contribution in [1.82, 2.24) is 15.0 Å². The van der Waals surface area contributed by atoms with Crippen molar-refractivity contribution in [3.63, 3.8) is 0 Å². The van der Waals surface area contributed by atoms with E-state index >= 15 is 0 Å². The van der Waals surface area contributed by atoms with Crippen LogP contribution >= 0.6 is 0 Å². The summed E-state index contributed by atoms with van der Waals surface area (Å²) in [7, 11) is 0. The third-order valence-corrected chi connectivity index (χ3v) is 3.62. The highest BCUT2D eigenvalue weighted by atomic mass is 16.3. The molecule has 2 aliphatic rings. The molecular weight excluding hydrogens is 192 g/mol. The van der Waals surface area contributed by atoms with Gasteiger partial charge in [0.1, 0.15) is 12.7 Å². The molecule has 3 rings (SSSR count). The molecule has 2 saturated carbocycles. The molecule has 0 aliphatic heterocycles. The number of hydrogen-bond donors (Lipinski definition) is 2. The van der Waals surface area contributed by atoms with Gasteiger partial charge in [-0.05, 0) is 25.7 Å². The topological polar surface area (TPSA) is 70.9 Å². The minimum Gasteiger partial charge on any atom is -0.393 e. The smallest absolute Gasteiger partial charge is 0.225 e. The molecule has 2 unspecified atom stereocenters. The Morgan fingerprint density at radius 1 is 1.33 bits per heavy atom. The summed E-state index contributed by atoms with van der Waals surface area (Å²) in [6.45, 7) is 0. The zero-order valence-corrected chi connectivity index (χ0v) is 8.43. The van der Waals surface area contributed by atoms with Crippen molar-refractivity contribution in [2.24, 2.45) is 5.41 Å². The van der Waals surface area contributed by atoms with E-state index in [1.165, 1.54) is 12.7 Å². The molecule has 5 heteroatoms. The average Bonchev–Trinajstić information content (AvgIpc) is 2.69. The lowest BCUT2D eigenvalue weighted by Crippen LogP contribution is -2.18. The van der Waals surface area contributed by atoms with E-state index in [-0.39, 0.29) is 11.5 Å². The molecule has 0 saturated heterocycles. The SMILES string of the molecule is OC1CC12CC[C@H](Nc1ncncn1)C2. The van der Waals surface area contributed by atoms with Crippen LogP contribution in [0, 0.1) is 5.41 Å². The average molecular weight is 206 g/mol. The first-order chi connectivity index (χ1) is 7.28. The molecule has 1 aromatic rings. The van der Waals surface area contributed by atoms with Crippen LogP contribution in [0.25, 0.3) is 0 Å². The summed E-state index contributed by atoms with van der Waals surface area (Å²) in [5.41, 5.74) is 0.227. The van der Waals surface area contributed by atoms with E-state index in [1.54, 1.807) is 0 Å². The molecule has 5 nitrogen and oxygen atoms in total. The predicted molar refractivity (Wildman–Crippen MR) is 54.1 cm³/mol. The van der Waals surface area contributed by atoms with Gasteiger partial charge in [0.15, 0.2) is 0 Å². The maximum atomic E-state index is 9.53. The van der Waals surface area contributed by atoms with E-state index in [1.807, 2.05) is 0 Å². The van der Waals surface area contributed by atoms with Crippen molar-refractivity contribution in [2.45, 2.75) is 37.8 Å². The Labute approximate surface area is 88.0 Å². The molecule has 3 atom stereocenters. The van der Waals surface area contributed by atoms with Gasteiger partial charge in [0.25, 0.3) is 0 Å². The summed E-state index contributed by atoms with van der Waals surface area (Å²) >= 11 is 0. The van der Waals surface area contributed by atoms with E-state index in [9.17, 15) is 5.11 Å². The van der Waals surface area contributed by atoms with E-state index in [4.69, 9.17) is 0 Å². The van der Waals surface area contributed by atoms with Crippen LogP contribution in [0.4, 0.5) is 5.95 Å². The lowest BCUT2D eigenvalue weighted by Gasteiger charge is -2.11. The Kier molecular flexibility index (Phi) is 1.88. The summed E-state index contributed by atoms with van der Waals surface area (Å²) < 4.78 is 0. The first-order valence-corrected chi connectivity index (χ1v) is 5.35. The number of rotatable bonds is 2. The van der Waals surface area contributed by atoms with Crippen LogP contribution in [0.1, 0.15) is 25.7 Å². The Morgan fingerprint density at radius 2 is 2.07 bits per heavy atom. The van der Waals surface area contributed by atoms with Gasteiger partial charge in [-0.15, -0.1) is 0 Å². The molecular formula is C10H14N4O. The first kappa shape index (κ1) is 9.03. The van der Waals surface area contributed by atoms with Gasteiger partial charge in [0, 0.05) is 11.5 Å². The number of hydrogen-bond acceptors (Lipinski definition) is 5. The van der Waals surface area contributed by atoms with Gasteiger partial charge < -0.3 is 10.4 Å². The molecule has 0 amide bonds. The summed E-state index contributed by atoms with van der Waals surface area (Å²) in [5, 5.41) is 12.8. The molecule has 1 aromatic heterocycles. The molecule has 0 bridgehead atoms. The number of aliphatic hydroxyl groups is 1. The van der Waals surface area contributed by atoms with Gasteiger partial charge in [0.2, 0.25) is 5.95 Å². The van der Waals surface area contributed by atoms with Gasteiger partial charge in [-0.3, -0.25) is 0 Å². The minimum atomic E-state index is -0.0670.